The third-order valence-electron chi connectivity index (χ3n) is 2.75. The summed E-state index contributed by atoms with van der Waals surface area (Å²) in [4.78, 5) is 12.0. The lowest BCUT2D eigenvalue weighted by Gasteiger charge is -2.13. The maximum absolute atomic E-state index is 11.9. The second-order valence-electron chi connectivity index (χ2n) is 4.51. The highest BCUT2D eigenvalue weighted by atomic mass is 32.2. The number of para-hydroxylation sites is 1. The monoisotopic (exact) mass is 284 g/mol. The topological polar surface area (TPSA) is 89.3 Å². The molecule has 106 valence electrons. The number of benzene rings is 1. The summed E-state index contributed by atoms with van der Waals surface area (Å²) in [6.45, 7) is 2.02. The van der Waals surface area contributed by atoms with E-state index in [1.54, 1.807) is 18.2 Å². The van der Waals surface area contributed by atoms with Crippen LogP contribution in [0.3, 0.4) is 0 Å². The summed E-state index contributed by atoms with van der Waals surface area (Å²) in [6, 6.07) is 5.68. The number of sulfone groups is 1. The molecule has 0 bridgehead atoms. The molecule has 1 rings (SSSR count). The number of anilines is 1. The molecule has 0 spiro atoms. The van der Waals surface area contributed by atoms with Gasteiger partial charge in [0.2, 0.25) is 5.91 Å². The zero-order valence-electron chi connectivity index (χ0n) is 11.2. The van der Waals surface area contributed by atoms with Crippen LogP contribution in [-0.4, -0.2) is 26.6 Å². The van der Waals surface area contributed by atoms with E-state index in [0.717, 1.165) is 19.1 Å². The number of unbranched alkanes of at least 4 members (excludes halogenated alkanes) is 1. The first kappa shape index (κ1) is 15.7. The molecule has 19 heavy (non-hydrogen) atoms. The van der Waals surface area contributed by atoms with E-state index in [1.165, 1.54) is 6.07 Å². The maximum Gasteiger partial charge on any atom is 0.241 e. The number of hydrogen-bond donors (Lipinski definition) is 2. The van der Waals surface area contributed by atoms with Crippen molar-refractivity contribution < 1.29 is 13.2 Å². The van der Waals surface area contributed by atoms with Crippen molar-refractivity contribution in [3.8, 4) is 0 Å². The van der Waals surface area contributed by atoms with E-state index in [2.05, 4.69) is 5.32 Å². The standard InChI is InChI=1S/C13H20N2O3S/c1-3-4-7-10(14)13(16)15-11-8-5-6-9-12(11)19(2,17)18/h5-6,8-10H,3-4,7,14H2,1-2H3,(H,15,16). The minimum absolute atomic E-state index is 0.103. The molecule has 0 aliphatic heterocycles. The summed E-state index contributed by atoms with van der Waals surface area (Å²) < 4.78 is 23.2. The van der Waals surface area contributed by atoms with Crippen molar-refractivity contribution in [1.29, 1.82) is 0 Å². The predicted molar refractivity (Wildman–Crippen MR) is 75.7 cm³/mol. The molecule has 0 aliphatic rings. The van der Waals surface area contributed by atoms with Crippen molar-refractivity contribution in [3.05, 3.63) is 24.3 Å². The number of rotatable bonds is 6. The van der Waals surface area contributed by atoms with Crippen LogP contribution in [-0.2, 0) is 14.6 Å². The SMILES string of the molecule is CCCCC(N)C(=O)Nc1ccccc1S(C)(=O)=O. The minimum Gasteiger partial charge on any atom is -0.324 e. The third-order valence-corrected chi connectivity index (χ3v) is 3.90. The molecule has 1 atom stereocenters. The van der Waals surface area contributed by atoms with Crippen LogP contribution in [0.1, 0.15) is 26.2 Å². The number of nitrogens with two attached hydrogens (primary N) is 1. The molecule has 1 aromatic carbocycles. The van der Waals surface area contributed by atoms with E-state index in [1.807, 2.05) is 6.92 Å². The Hall–Kier alpha value is -1.40. The second-order valence-corrected chi connectivity index (χ2v) is 6.49. The number of nitrogens with one attached hydrogen (secondary N) is 1. The first-order valence-corrected chi connectivity index (χ1v) is 8.11. The summed E-state index contributed by atoms with van der Waals surface area (Å²) in [7, 11) is -3.38. The summed E-state index contributed by atoms with van der Waals surface area (Å²) >= 11 is 0. The first-order valence-electron chi connectivity index (χ1n) is 6.21. The quantitative estimate of drug-likeness (QED) is 0.829. The Morgan fingerprint density at radius 3 is 2.58 bits per heavy atom. The number of amides is 1. The fourth-order valence-electron chi connectivity index (χ4n) is 1.67. The Kier molecular flexibility index (Phi) is 5.50. The fraction of sp³-hybridized carbons (Fsp3) is 0.462. The van der Waals surface area contributed by atoms with Gasteiger partial charge in [0.1, 0.15) is 0 Å². The van der Waals surface area contributed by atoms with Gasteiger partial charge in [-0.3, -0.25) is 4.79 Å². The van der Waals surface area contributed by atoms with Crippen molar-refractivity contribution in [1.82, 2.24) is 0 Å². The van der Waals surface area contributed by atoms with Gasteiger partial charge >= 0.3 is 0 Å². The highest BCUT2D eigenvalue weighted by molar-refractivity contribution is 7.90. The van der Waals surface area contributed by atoms with Crippen LogP contribution in [0.25, 0.3) is 0 Å². The van der Waals surface area contributed by atoms with Crippen LogP contribution < -0.4 is 11.1 Å². The average Bonchev–Trinajstić information content (AvgIpc) is 2.35. The van der Waals surface area contributed by atoms with E-state index < -0.39 is 15.9 Å². The molecule has 1 amide bonds. The van der Waals surface area contributed by atoms with E-state index in [0.29, 0.717) is 6.42 Å². The molecule has 5 nitrogen and oxygen atoms in total. The molecule has 0 aliphatic carbocycles. The maximum atomic E-state index is 11.9. The van der Waals surface area contributed by atoms with Crippen LogP contribution in [0.4, 0.5) is 5.69 Å². The van der Waals surface area contributed by atoms with Gasteiger partial charge in [0.25, 0.3) is 0 Å². The second kappa shape index (κ2) is 6.68. The van der Waals surface area contributed by atoms with Crippen molar-refractivity contribution in [3.63, 3.8) is 0 Å². The molecule has 1 aromatic rings. The van der Waals surface area contributed by atoms with Crippen LogP contribution in [0.2, 0.25) is 0 Å². The molecule has 0 saturated carbocycles. The number of carbonyl (C=O) groups is 1. The van der Waals surface area contributed by atoms with Crippen molar-refractivity contribution in [2.45, 2.75) is 37.1 Å². The number of hydrogen-bond acceptors (Lipinski definition) is 4. The molecule has 6 heteroatoms. The van der Waals surface area contributed by atoms with Gasteiger partial charge in [0.15, 0.2) is 9.84 Å². The van der Waals surface area contributed by atoms with E-state index in [4.69, 9.17) is 5.73 Å². The Balaban J connectivity index is 2.86. The molecular weight excluding hydrogens is 264 g/mol. The zero-order chi connectivity index (χ0) is 14.5. The molecule has 0 radical (unpaired) electrons. The summed E-state index contributed by atoms with van der Waals surface area (Å²) in [5.41, 5.74) is 6.03. The van der Waals surface area contributed by atoms with E-state index >= 15 is 0 Å². The molecule has 3 N–H and O–H groups in total. The Labute approximate surface area is 114 Å². The van der Waals surface area contributed by atoms with E-state index in [9.17, 15) is 13.2 Å². The average molecular weight is 284 g/mol. The van der Waals surface area contributed by atoms with Gasteiger partial charge in [0.05, 0.1) is 16.6 Å². The largest absolute Gasteiger partial charge is 0.324 e. The molecule has 0 aromatic heterocycles. The summed E-state index contributed by atoms with van der Waals surface area (Å²) in [5, 5.41) is 2.58. The lowest BCUT2D eigenvalue weighted by Crippen LogP contribution is -2.35. The summed E-state index contributed by atoms with van der Waals surface area (Å²) in [5.74, 6) is -0.357. The first-order chi connectivity index (χ1) is 8.86. The van der Waals surface area contributed by atoms with Gasteiger partial charge in [-0.2, -0.15) is 0 Å². The van der Waals surface area contributed by atoms with Crippen LogP contribution >= 0.6 is 0 Å². The third kappa shape index (κ3) is 4.65. The van der Waals surface area contributed by atoms with Gasteiger partial charge < -0.3 is 11.1 Å². The lowest BCUT2D eigenvalue weighted by atomic mass is 10.1. The van der Waals surface area contributed by atoms with E-state index in [-0.39, 0.29) is 16.5 Å². The molecule has 0 fully saturated rings. The minimum atomic E-state index is -3.38. The van der Waals surface area contributed by atoms with Gasteiger partial charge in [-0.25, -0.2) is 8.42 Å². The van der Waals surface area contributed by atoms with Crippen LogP contribution in [0.5, 0.6) is 0 Å². The molecule has 0 heterocycles. The molecule has 1 unspecified atom stereocenters. The Bertz CT molecular complexity index is 541. The lowest BCUT2D eigenvalue weighted by molar-refractivity contribution is -0.117. The van der Waals surface area contributed by atoms with Crippen molar-refractivity contribution in [2.24, 2.45) is 5.73 Å². The van der Waals surface area contributed by atoms with Gasteiger partial charge in [-0.15, -0.1) is 0 Å². The van der Waals surface area contributed by atoms with Crippen LogP contribution in [0.15, 0.2) is 29.2 Å². The number of carbonyl (C=O) groups excluding carboxylic acids is 1. The smallest absolute Gasteiger partial charge is 0.241 e. The highest BCUT2D eigenvalue weighted by Gasteiger charge is 2.17. The van der Waals surface area contributed by atoms with Gasteiger partial charge in [-0.1, -0.05) is 31.9 Å². The van der Waals surface area contributed by atoms with Crippen molar-refractivity contribution >= 4 is 21.4 Å². The normalized spacial score (nSPS) is 13.0. The summed E-state index contributed by atoms with van der Waals surface area (Å²) in [6.07, 6.45) is 3.52. The molecule has 0 saturated heterocycles. The van der Waals surface area contributed by atoms with Crippen LogP contribution in [0, 0.1) is 0 Å². The highest BCUT2D eigenvalue weighted by Crippen LogP contribution is 2.20. The van der Waals surface area contributed by atoms with Crippen molar-refractivity contribution in [2.75, 3.05) is 11.6 Å². The Morgan fingerprint density at radius 2 is 2.00 bits per heavy atom. The Morgan fingerprint density at radius 1 is 1.37 bits per heavy atom. The predicted octanol–water partition coefficient (Wildman–Crippen LogP) is 1.55. The zero-order valence-corrected chi connectivity index (χ0v) is 12.0. The van der Waals surface area contributed by atoms with Gasteiger partial charge in [0, 0.05) is 6.26 Å². The van der Waals surface area contributed by atoms with Gasteiger partial charge in [-0.05, 0) is 18.6 Å². The fourth-order valence-corrected chi connectivity index (χ4v) is 2.52. The molecular formula is C13H20N2O3S.